The van der Waals surface area contributed by atoms with Crippen molar-refractivity contribution < 1.29 is 22.7 Å². The van der Waals surface area contributed by atoms with E-state index in [2.05, 4.69) is 20.3 Å². The minimum atomic E-state index is -4.66. The molecule has 1 aliphatic heterocycles. The van der Waals surface area contributed by atoms with Crippen LogP contribution in [0.5, 0.6) is 0 Å². The molecule has 10 nitrogen and oxygen atoms in total. The van der Waals surface area contributed by atoms with Gasteiger partial charge in [-0.25, -0.2) is 14.8 Å². The number of aryl methyl sites for hydroxylation is 2. The number of H-pyrrole nitrogens is 1. The Kier molecular flexibility index (Phi) is 6.45. The first-order chi connectivity index (χ1) is 16.5. The van der Waals surface area contributed by atoms with Crippen molar-refractivity contribution in [1.82, 2.24) is 24.4 Å². The summed E-state index contributed by atoms with van der Waals surface area (Å²) in [6.07, 6.45) is -2.20. The van der Waals surface area contributed by atoms with E-state index in [4.69, 9.17) is 4.74 Å². The topological polar surface area (TPSA) is 108 Å². The minimum absolute atomic E-state index is 0.378. The maximum Gasteiger partial charge on any atom is 0.417 e. The van der Waals surface area contributed by atoms with E-state index < -0.39 is 35.1 Å². The van der Waals surface area contributed by atoms with Crippen LogP contribution in [0.25, 0.3) is 11.2 Å². The summed E-state index contributed by atoms with van der Waals surface area (Å²) in [4.78, 5) is 40.8. The highest BCUT2D eigenvalue weighted by molar-refractivity contribution is 5.89. The first-order valence-corrected chi connectivity index (χ1v) is 10.9. The monoisotopic (exact) mass is 493 g/mol. The molecule has 13 heteroatoms. The number of pyridine rings is 1. The number of hydrogen-bond acceptors (Lipinski definition) is 6. The number of methoxy groups -OCH3 is 1. The van der Waals surface area contributed by atoms with Crippen molar-refractivity contribution in [2.45, 2.75) is 31.7 Å². The van der Waals surface area contributed by atoms with Crippen molar-refractivity contribution in [3.8, 4) is 0 Å². The summed E-state index contributed by atoms with van der Waals surface area (Å²) in [5.41, 5.74) is 0.171. The van der Waals surface area contributed by atoms with Crippen LogP contribution in [0.15, 0.2) is 29.3 Å². The van der Waals surface area contributed by atoms with E-state index >= 15 is 0 Å². The molecule has 1 aliphatic rings. The molecule has 1 saturated heterocycles. The minimum Gasteiger partial charge on any atom is -0.377 e. The largest absolute Gasteiger partial charge is 0.417 e. The summed E-state index contributed by atoms with van der Waals surface area (Å²) in [7, 11) is 4.25. The second-order valence-electron chi connectivity index (χ2n) is 8.59. The zero-order valence-corrected chi connectivity index (χ0v) is 19.7. The third kappa shape index (κ3) is 4.94. The molecule has 188 valence electrons. The van der Waals surface area contributed by atoms with Crippen LogP contribution in [0, 0.1) is 6.92 Å². The van der Waals surface area contributed by atoms with Gasteiger partial charge in [0, 0.05) is 46.2 Å². The van der Waals surface area contributed by atoms with Crippen LogP contribution >= 0.6 is 0 Å². The molecular weight excluding hydrogens is 467 g/mol. The Morgan fingerprint density at radius 3 is 2.77 bits per heavy atom. The predicted molar refractivity (Wildman–Crippen MR) is 124 cm³/mol. The Bertz CT molecular complexity index is 1300. The number of piperidine rings is 1. The molecule has 0 bridgehead atoms. The fourth-order valence-electron chi connectivity index (χ4n) is 4.27. The van der Waals surface area contributed by atoms with Gasteiger partial charge in [0.05, 0.1) is 23.9 Å². The van der Waals surface area contributed by atoms with Crippen molar-refractivity contribution in [3.63, 3.8) is 0 Å². The predicted octanol–water partition coefficient (Wildman–Crippen LogP) is 2.74. The van der Waals surface area contributed by atoms with E-state index in [1.54, 1.807) is 6.20 Å². The molecule has 3 aromatic rings. The van der Waals surface area contributed by atoms with Crippen LogP contribution in [0.4, 0.5) is 29.5 Å². The number of urea groups is 1. The van der Waals surface area contributed by atoms with Crippen molar-refractivity contribution >= 4 is 28.7 Å². The van der Waals surface area contributed by atoms with Crippen molar-refractivity contribution in [1.29, 1.82) is 0 Å². The van der Waals surface area contributed by atoms with Crippen LogP contribution in [0.3, 0.4) is 0 Å². The van der Waals surface area contributed by atoms with E-state index in [1.807, 2.05) is 17.9 Å². The number of carbonyl (C=O) groups excluding carboxylic acids is 1. The highest BCUT2D eigenvalue weighted by Gasteiger charge is 2.36. The first-order valence-electron chi connectivity index (χ1n) is 10.9. The molecule has 4 heterocycles. The molecule has 2 amide bonds. The summed E-state index contributed by atoms with van der Waals surface area (Å²) in [5.74, 6) is 0.677. The lowest BCUT2D eigenvalue weighted by molar-refractivity contribution is -0.138. The number of nitrogens with one attached hydrogen (secondary N) is 2. The Balaban J connectivity index is 1.49. The molecule has 0 radical (unpaired) electrons. The van der Waals surface area contributed by atoms with E-state index in [9.17, 15) is 22.8 Å². The van der Waals surface area contributed by atoms with Gasteiger partial charge >= 0.3 is 12.2 Å². The van der Waals surface area contributed by atoms with Gasteiger partial charge in [-0.1, -0.05) is 0 Å². The van der Waals surface area contributed by atoms with Crippen molar-refractivity contribution in [2.24, 2.45) is 7.05 Å². The molecule has 0 aliphatic carbocycles. The summed E-state index contributed by atoms with van der Waals surface area (Å²) in [6, 6.07) is 1.47. The van der Waals surface area contributed by atoms with Gasteiger partial charge in [-0.3, -0.25) is 4.79 Å². The van der Waals surface area contributed by atoms with Crippen LogP contribution in [0.1, 0.15) is 17.7 Å². The first kappa shape index (κ1) is 24.5. The second kappa shape index (κ2) is 9.21. The SMILES string of the molecule is CO[C@@H]1CN(c2cnc3[nH]c(C)cc3n2)CC[C@H]1N(C)C(=O)Nc1cc(C(F)(F)F)cn(C)c1=O. The molecule has 0 spiro atoms. The Morgan fingerprint density at radius 2 is 2.09 bits per heavy atom. The van der Waals surface area contributed by atoms with Gasteiger partial charge in [-0.05, 0) is 25.5 Å². The quantitative estimate of drug-likeness (QED) is 0.579. The normalized spacial score (nSPS) is 18.7. The van der Waals surface area contributed by atoms with Gasteiger partial charge in [0.15, 0.2) is 5.65 Å². The van der Waals surface area contributed by atoms with Gasteiger partial charge < -0.3 is 29.4 Å². The summed E-state index contributed by atoms with van der Waals surface area (Å²) < 4.78 is 45.9. The average molecular weight is 493 g/mol. The number of nitrogens with zero attached hydrogens (tertiary/aromatic N) is 5. The lowest BCUT2D eigenvalue weighted by Gasteiger charge is -2.42. The molecule has 4 rings (SSSR count). The highest BCUT2D eigenvalue weighted by Crippen LogP contribution is 2.30. The molecule has 35 heavy (non-hydrogen) atoms. The van der Waals surface area contributed by atoms with E-state index in [1.165, 1.54) is 26.1 Å². The summed E-state index contributed by atoms with van der Waals surface area (Å²) >= 11 is 0. The Morgan fingerprint density at radius 1 is 1.34 bits per heavy atom. The summed E-state index contributed by atoms with van der Waals surface area (Å²) in [5, 5.41) is 2.33. The third-order valence-electron chi connectivity index (χ3n) is 6.18. The molecule has 0 unspecified atom stereocenters. The van der Waals surface area contributed by atoms with Gasteiger partial charge in [0.25, 0.3) is 5.56 Å². The lowest BCUT2D eigenvalue weighted by atomic mass is 10.0. The number of carbonyl (C=O) groups is 1. The number of halogens is 3. The van der Waals surface area contributed by atoms with Crippen molar-refractivity contribution in [2.75, 3.05) is 37.5 Å². The molecule has 2 N–H and O–H groups in total. The number of aromatic amines is 1. The van der Waals surface area contributed by atoms with Gasteiger partial charge in [-0.15, -0.1) is 0 Å². The zero-order chi connectivity index (χ0) is 25.5. The van der Waals surface area contributed by atoms with Crippen LogP contribution in [0.2, 0.25) is 0 Å². The number of fused-ring (bicyclic) bond motifs is 1. The number of likely N-dealkylation sites (N-methyl/N-ethyl adjacent to an activating group) is 1. The molecule has 0 aromatic carbocycles. The van der Waals surface area contributed by atoms with Gasteiger partial charge in [0.1, 0.15) is 17.0 Å². The third-order valence-corrected chi connectivity index (χ3v) is 6.18. The highest BCUT2D eigenvalue weighted by atomic mass is 19.4. The standard InChI is InChI=1S/C22H26F3N7O3/c1-12-7-14-19(27-12)26-9-18(28-14)32-6-5-16(17(11-32)35-4)31(3)21(34)29-15-8-13(22(23,24)25)10-30(2)20(15)33/h7-10,16-17H,5-6,11H2,1-4H3,(H,26,27)(H,29,34)/t16-,17-/m1/s1. The number of aromatic nitrogens is 4. The van der Waals surface area contributed by atoms with E-state index in [0.29, 0.717) is 43.2 Å². The van der Waals surface area contributed by atoms with Crippen LogP contribution in [-0.4, -0.2) is 69.8 Å². The molecule has 3 aromatic heterocycles. The molecule has 1 fully saturated rings. The Hall–Kier alpha value is -3.61. The smallest absolute Gasteiger partial charge is 0.377 e. The molecular formula is C22H26F3N7O3. The van der Waals surface area contributed by atoms with Gasteiger partial charge in [0.2, 0.25) is 0 Å². The zero-order valence-electron chi connectivity index (χ0n) is 19.7. The summed E-state index contributed by atoms with van der Waals surface area (Å²) in [6.45, 7) is 2.90. The maximum atomic E-state index is 13.2. The number of hydrogen-bond donors (Lipinski definition) is 2. The van der Waals surface area contributed by atoms with E-state index in [-0.39, 0.29) is 6.04 Å². The Labute approximate surface area is 198 Å². The van der Waals surface area contributed by atoms with Gasteiger partial charge in [-0.2, -0.15) is 13.2 Å². The maximum absolute atomic E-state index is 13.2. The fraction of sp³-hybridized carbons (Fsp3) is 0.455. The molecule has 0 saturated carbocycles. The second-order valence-corrected chi connectivity index (χ2v) is 8.59. The van der Waals surface area contributed by atoms with Crippen LogP contribution in [-0.2, 0) is 18.0 Å². The van der Waals surface area contributed by atoms with Crippen molar-refractivity contribution in [3.05, 3.63) is 46.1 Å². The fourth-order valence-corrected chi connectivity index (χ4v) is 4.27. The number of amides is 2. The number of anilines is 2. The van der Waals surface area contributed by atoms with Crippen LogP contribution < -0.4 is 15.8 Å². The molecule has 2 atom stereocenters. The number of rotatable bonds is 4. The average Bonchev–Trinajstić information content (AvgIpc) is 3.19. The number of alkyl halides is 3. The number of ether oxygens (including phenoxy) is 1. The van der Waals surface area contributed by atoms with E-state index in [0.717, 1.165) is 15.8 Å². The lowest BCUT2D eigenvalue weighted by Crippen LogP contribution is -2.56.